The molecular weight excluding hydrogens is 236 g/mol. The van der Waals surface area contributed by atoms with E-state index in [0.29, 0.717) is 12.4 Å². The van der Waals surface area contributed by atoms with Crippen molar-refractivity contribution in [2.75, 3.05) is 20.8 Å². The molecular formula is C12H18N2O4. The van der Waals surface area contributed by atoms with Gasteiger partial charge in [0.05, 0.1) is 13.2 Å². The number of hydrogen-bond donors (Lipinski definition) is 2. The van der Waals surface area contributed by atoms with E-state index in [1.807, 2.05) is 17.6 Å². The molecule has 0 radical (unpaired) electrons. The molecule has 0 spiro atoms. The SMILES string of the molecule is COCc1cccc(OC(COC)C(=O)NN)c1. The summed E-state index contributed by atoms with van der Waals surface area (Å²) in [5.41, 5.74) is 3.00. The lowest BCUT2D eigenvalue weighted by Crippen LogP contribution is -2.44. The largest absolute Gasteiger partial charge is 0.478 e. The fourth-order valence-electron chi connectivity index (χ4n) is 1.45. The summed E-state index contributed by atoms with van der Waals surface area (Å²) in [6.07, 6.45) is -0.780. The zero-order valence-electron chi connectivity index (χ0n) is 10.5. The summed E-state index contributed by atoms with van der Waals surface area (Å²) < 4.78 is 15.5. The first-order chi connectivity index (χ1) is 8.71. The molecule has 100 valence electrons. The van der Waals surface area contributed by atoms with Gasteiger partial charge in [0.2, 0.25) is 6.10 Å². The Balaban J connectivity index is 2.73. The van der Waals surface area contributed by atoms with Crippen LogP contribution in [0.5, 0.6) is 5.75 Å². The van der Waals surface area contributed by atoms with Crippen molar-refractivity contribution in [2.45, 2.75) is 12.7 Å². The topological polar surface area (TPSA) is 82.8 Å². The highest BCUT2D eigenvalue weighted by Crippen LogP contribution is 2.15. The number of carbonyl (C=O) groups excluding carboxylic acids is 1. The molecule has 0 heterocycles. The summed E-state index contributed by atoms with van der Waals surface area (Å²) in [6, 6.07) is 7.29. The molecule has 1 atom stereocenters. The molecule has 3 N–H and O–H groups in total. The number of methoxy groups -OCH3 is 2. The molecule has 6 heteroatoms. The van der Waals surface area contributed by atoms with Crippen LogP contribution in [0.15, 0.2) is 24.3 Å². The van der Waals surface area contributed by atoms with Crippen LogP contribution < -0.4 is 16.0 Å². The lowest BCUT2D eigenvalue weighted by Gasteiger charge is -2.17. The third-order valence-corrected chi connectivity index (χ3v) is 2.24. The van der Waals surface area contributed by atoms with Crippen LogP contribution in [-0.4, -0.2) is 32.8 Å². The Labute approximate surface area is 106 Å². The standard InChI is InChI=1S/C12H18N2O4/c1-16-7-9-4-3-5-10(6-9)18-11(8-17-2)12(15)14-13/h3-6,11H,7-8,13H2,1-2H3,(H,14,15). The fraction of sp³-hybridized carbons (Fsp3) is 0.417. The van der Waals surface area contributed by atoms with Crippen molar-refractivity contribution in [3.8, 4) is 5.75 Å². The van der Waals surface area contributed by atoms with Gasteiger partial charge in [-0.05, 0) is 17.7 Å². The van der Waals surface area contributed by atoms with Crippen molar-refractivity contribution in [1.82, 2.24) is 5.43 Å². The summed E-state index contributed by atoms with van der Waals surface area (Å²) in [6.45, 7) is 0.604. The zero-order chi connectivity index (χ0) is 13.4. The van der Waals surface area contributed by atoms with Gasteiger partial charge in [-0.3, -0.25) is 10.2 Å². The summed E-state index contributed by atoms with van der Waals surface area (Å²) in [4.78, 5) is 11.5. The number of ether oxygens (including phenoxy) is 3. The van der Waals surface area contributed by atoms with E-state index in [2.05, 4.69) is 0 Å². The first kappa shape index (κ1) is 14.4. The highest BCUT2D eigenvalue weighted by atomic mass is 16.5. The van der Waals surface area contributed by atoms with Crippen LogP contribution in [0.3, 0.4) is 0 Å². The second kappa shape index (κ2) is 7.65. The lowest BCUT2D eigenvalue weighted by molar-refractivity contribution is -0.130. The normalized spacial score (nSPS) is 11.9. The highest BCUT2D eigenvalue weighted by Gasteiger charge is 2.19. The quantitative estimate of drug-likeness (QED) is 0.413. The number of hydrogen-bond acceptors (Lipinski definition) is 5. The van der Waals surface area contributed by atoms with E-state index in [9.17, 15) is 4.79 Å². The van der Waals surface area contributed by atoms with Gasteiger partial charge >= 0.3 is 0 Å². The number of nitrogens with one attached hydrogen (secondary N) is 1. The van der Waals surface area contributed by atoms with Crippen LogP contribution in [0.2, 0.25) is 0 Å². The zero-order valence-corrected chi connectivity index (χ0v) is 10.5. The van der Waals surface area contributed by atoms with E-state index in [-0.39, 0.29) is 6.61 Å². The third kappa shape index (κ3) is 4.33. The second-order valence-corrected chi connectivity index (χ2v) is 3.65. The van der Waals surface area contributed by atoms with Gasteiger partial charge in [0.15, 0.2) is 0 Å². The van der Waals surface area contributed by atoms with Gasteiger partial charge in [-0.25, -0.2) is 5.84 Å². The number of hydrazine groups is 1. The minimum absolute atomic E-state index is 0.123. The number of carbonyl (C=O) groups is 1. The first-order valence-corrected chi connectivity index (χ1v) is 5.45. The summed E-state index contributed by atoms with van der Waals surface area (Å²) in [5.74, 6) is 5.21. The molecule has 1 unspecified atom stereocenters. The average molecular weight is 254 g/mol. The maximum Gasteiger partial charge on any atom is 0.277 e. The second-order valence-electron chi connectivity index (χ2n) is 3.65. The molecule has 0 aromatic heterocycles. The Kier molecular flexibility index (Phi) is 6.13. The molecule has 0 bridgehead atoms. The van der Waals surface area contributed by atoms with Gasteiger partial charge in [0.25, 0.3) is 5.91 Å². The number of nitrogens with two attached hydrogens (primary N) is 1. The molecule has 0 aliphatic heterocycles. The molecule has 0 saturated heterocycles. The van der Waals surface area contributed by atoms with Crippen LogP contribution in [-0.2, 0) is 20.9 Å². The predicted octanol–water partition coefficient (Wildman–Crippen LogP) is 0.217. The molecule has 6 nitrogen and oxygen atoms in total. The highest BCUT2D eigenvalue weighted by molar-refractivity contribution is 5.80. The van der Waals surface area contributed by atoms with E-state index in [4.69, 9.17) is 20.1 Å². The maximum atomic E-state index is 11.5. The predicted molar refractivity (Wildman–Crippen MR) is 65.8 cm³/mol. The average Bonchev–Trinajstić information content (AvgIpc) is 2.38. The van der Waals surface area contributed by atoms with Crippen LogP contribution in [0.1, 0.15) is 5.56 Å². The fourth-order valence-corrected chi connectivity index (χ4v) is 1.45. The monoisotopic (exact) mass is 254 g/mol. The molecule has 1 amide bonds. The summed E-state index contributed by atoms with van der Waals surface area (Å²) >= 11 is 0. The van der Waals surface area contributed by atoms with Gasteiger partial charge in [-0.1, -0.05) is 12.1 Å². The van der Waals surface area contributed by atoms with E-state index in [1.54, 1.807) is 19.2 Å². The van der Waals surface area contributed by atoms with Crippen LogP contribution >= 0.6 is 0 Å². The summed E-state index contributed by atoms with van der Waals surface area (Å²) in [5, 5.41) is 0. The van der Waals surface area contributed by atoms with Crippen molar-refractivity contribution in [3.05, 3.63) is 29.8 Å². The van der Waals surface area contributed by atoms with Crippen LogP contribution in [0.25, 0.3) is 0 Å². The number of benzene rings is 1. The molecule has 0 aliphatic carbocycles. The molecule has 0 fully saturated rings. The molecule has 0 aliphatic rings. The molecule has 1 aromatic rings. The van der Waals surface area contributed by atoms with Crippen LogP contribution in [0.4, 0.5) is 0 Å². The van der Waals surface area contributed by atoms with Crippen LogP contribution in [0, 0.1) is 0 Å². The van der Waals surface area contributed by atoms with E-state index < -0.39 is 12.0 Å². The lowest BCUT2D eigenvalue weighted by atomic mass is 10.2. The Bertz CT molecular complexity index is 384. The summed E-state index contributed by atoms with van der Waals surface area (Å²) in [7, 11) is 3.10. The minimum atomic E-state index is -0.780. The Hall–Kier alpha value is -1.63. The maximum absolute atomic E-state index is 11.5. The van der Waals surface area contributed by atoms with Crippen molar-refractivity contribution >= 4 is 5.91 Å². The van der Waals surface area contributed by atoms with Gasteiger partial charge in [-0.2, -0.15) is 0 Å². The Morgan fingerprint density at radius 3 is 2.78 bits per heavy atom. The van der Waals surface area contributed by atoms with Crippen molar-refractivity contribution in [3.63, 3.8) is 0 Å². The van der Waals surface area contributed by atoms with E-state index in [1.165, 1.54) is 7.11 Å². The van der Waals surface area contributed by atoms with Gasteiger partial charge in [-0.15, -0.1) is 0 Å². The molecule has 1 rings (SSSR count). The molecule has 18 heavy (non-hydrogen) atoms. The molecule has 0 saturated carbocycles. The van der Waals surface area contributed by atoms with E-state index >= 15 is 0 Å². The van der Waals surface area contributed by atoms with Crippen molar-refractivity contribution in [2.24, 2.45) is 5.84 Å². The smallest absolute Gasteiger partial charge is 0.277 e. The van der Waals surface area contributed by atoms with Crippen molar-refractivity contribution in [1.29, 1.82) is 0 Å². The van der Waals surface area contributed by atoms with E-state index in [0.717, 1.165) is 5.56 Å². The number of rotatable bonds is 7. The Morgan fingerprint density at radius 2 is 2.17 bits per heavy atom. The van der Waals surface area contributed by atoms with Gasteiger partial charge < -0.3 is 14.2 Å². The van der Waals surface area contributed by atoms with Gasteiger partial charge in [0, 0.05) is 14.2 Å². The first-order valence-electron chi connectivity index (χ1n) is 5.45. The third-order valence-electron chi connectivity index (χ3n) is 2.24. The van der Waals surface area contributed by atoms with Crippen molar-refractivity contribution < 1.29 is 19.0 Å². The Morgan fingerprint density at radius 1 is 1.39 bits per heavy atom. The minimum Gasteiger partial charge on any atom is -0.478 e. The molecule has 1 aromatic carbocycles. The number of amides is 1. The van der Waals surface area contributed by atoms with Gasteiger partial charge in [0.1, 0.15) is 5.75 Å².